The second-order valence-electron chi connectivity index (χ2n) is 7.22. The van der Waals surface area contributed by atoms with Crippen LogP contribution in [-0.4, -0.2) is 9.97 Å². The molecular formula is C28H19BrN2. The molecule has 0 radical (unpaired) electrons. The number of hydrogen-bond donors (Lipinski definition) is 0. The fraction of sp³-hybridized carbons (Fsp3) is 0. The second kappa shape index (κ2) is 8.66. The summed E-state index contributed by atoms with van der Waals surface area (Å²) in [4.78, 5) is 10.2. The van der Waals surface area contributed by atoms with Crippen LogP contribution < -0.4 is 0 Å². The van der Waals surface area contributed by atoms with Gasteiger partial charge in [-0.25, -0.2) is 9.97 Å². The van der Waals surface area contributed by atoms with Gasteiger partial charge in [-0.2, -0.15) is 0 Å². The number of benzene rings is 4. The molecule has 0 aliphatic carbocycles. The zero-order chi connectivity index (χ0) is 21.0. The van der Waals surface area contributed by atoms with Gasteiger partial charge in [0.15, 0.2) is 5.82 Å². The highest BCUT2D eigenvalue weighted by molar-refractivity contribution is 9.10. The predicted octanol–water partition coefficient (Wildman–Crippen LogP) is 7.91. The minimum absolute atomic E-state index is 0.719. The molecule has 148 valence electrons. The van der Waals surface area contributed by atoms with E-state index in [9.17, 15) is 0 Å². The molecule has 0 unspecified atom stereocenters. The van der Waals surface area contributed by atoms with Gasteiger partial charge < -0.3 is 0 Å². The Labute approximate surface area is 190 Å². The Morgan fingerprint density at radius 2 is 0.839 bits per heavy atom. The predicted molar refractivity (Wildman–Crippen MR) is 131 cm³/mol. The molecule has 3 heteroatoms. The van der Waals surface area contributed by atoms with Crippen LogP contribution in [0.4, 0.5) is 0 Å². The van der Waals surface area contributed by atoms with Crippen molar-refractivity contribution in [2.24, 2.45) is 0 Å². The van der Waals surface area contributed by atoms with Crippen molar-refractivity contribution in [3.8, 4) is 45.0 Å². The standard InChI is InChI=1S/C28H19BrN2/c29-24-18-16-22(17-19-24)27-25(20-10-4-1-5-11-20)26(21-12-6-2-7-13-21)30-28(31-27)23-14-8-3-9-15-23/h1-19H. The Hall–Kier alpha value is -3.56. The molecule has 0 saturated carbocycles. The number of halogens is 1. The molecule has 0 fully saturated rings. The van der Waals surface area contributed by atoms with Gasteiger partial charge in [0.1, 0.15) is 0 Å². The van der Waals surface area contributed by atoms with Crippen molar-refractivity contribution in [1.29, 1.82) is 0 Å². The zero-order valence-electron chi connectivity index (χ0n) is 16.7. The first-order chi connectivity index (χ1) is 15.3. The van der Waals surface area contributed by atoms with E-state index in [2.05, 4.69) is 88.7 Å². The Morgan fingerprint density at radius 1 is 0.419 bits per heavy atom. The van der Waals surface area contributed by atoms with Crippen LogP contribution >= 0.6 is 15.9 Å². The molecule has 0 N–H and O–H groups in total. The van der Waals surface area contributed by atoms with Gasteiger partial charge >= 0.3 is 0 Å². The lowest BCUT2D eigenvalue weighted by atomic mass is 9.94. The molecule has 0 atom stereocenters. The number of hydrogen-bond acceptors (Lipinski definition) is 2. The summed E-state index contributed by atoms with van der Waals surface area (Å²) in [5, 5.41) is 0. The minimum atomic E-state index is 0.719. The lowest BCUT2D eigenvalue weighted by Gasteiger charge is -2.17. The van der Waals surface area contributed by atoms with Crippen molar-refractivity contribution in [1.82, 2.24) is 9.97 Å². The van der Waals surface area contributed by atoms with Crippen LogP contribution in [-0.2, 0) is 0 Å². The van der Waals surface area contributed by atoms with Crippen LogP contribution in [0.15, 0.2) is 120 Å². The number of nitrogens with zero attached hydrogens (tertiary/aromatic N) is 2. The Bertz CT molecular complexity index is 1300. The smallest absolute Gasteiger partial charge is 0.160 e. The van der Waals surface area contributed by atoms with Gasteiger partial charge in [0.25, 0.3) is 0 Å². The fourth-order valence-corrected chi connectivity index (χ4v) is 3.94. The normalized spacial score (nSPS) is 10.7. The van der Waals surface area contributed by atoms with Crippen molar-refractivity contribution >= 4 is 15.9 Å². The Morgan fingerprint density at radius 3 is 1.35 bits per heavy atom. The van der Waals surface area contributed by atoms with Crippen molar-refractivity contribution in [2.45, 2.75) is 0 Å². The maximum atomic E-state index is 5.08. The first-order valence-corrected chi connectivity index (χ1v) is 10.9. The van der Waals surface area contributed by atoms with E-state index in [-0.39, 0.29) is 0 Å². The molecule has 5 rings (SSSR count). The van der Waals surface area contributed by atoms with E-state index in [1.807, 2.05) is 42.5 Å². The first-order valence-electron chi connectivity index (χ1n) is 10.1. The van der Waals surface area contributed by atoms with E-state index in [0.29, 0.717) is 0 Å². The topological polar surface area (TPSA) is 25.8 Å². The van der Waals surface area contributed by atoms with Gasteiger partial charge in [-0.1, -0.05) is 119 Å². The van der Waals surface area contributed by atoms with Crippen LogP contribution in [0.2, 0.25) is 0 Å². The van der Waals surface area contributed by atoms with Gasteiger partial charge in [0.05, 0.1) is 11.4 Å². The molecule has 2 nitrogen and oxygen atoms in total. The van der Waals surface area contributed by atoms with Crippen molar-refractivity contribution in [3.05, 3.63) is 120 Å². The average Bonchev–Trinajstić information content (AvgIpc) is 2.85. The van der Waals surface area contributed by atoms with Crippen LogP contribution in [0.3, 0.4) is 0 Å². The van der Waals surface area contributed by atoms with Gasteiger partial charge in [0.2, 0.25) is 0 Å². The van der Waals surface area contributed by atoms with Gasteiger partial charge in [-0.15, -0.1) is 0 Å². The third-order valence-corrected chi connectivity index (χ3v) is 5.70. The quantitative estimate of drug-likeness (QED) is 0.271. The summed E-state index contributed by atoms with van der Waals surface area (Å²) in [7, 11) is 0. The summed E-state index contributed by atoms with van der Waals surface area (Å²) in [6.07, 6.45) is 0. The Balaban J connectivity index is 1.87. The van der Waals surface area contributed by atoms with Crippen molar-refractivity contribution in [3.63, 3.8) is 0 Å². The summed E-state index contributed by atoms with van der Waals surface area (Å²) in [5.41, 5.74) is 7.11. The third kappa shape index (κ3) is 4.05. The largest absolute Gasteiger partial charge is 0.227 e. The highest BCUT2D eigenvalue weighted by Crippen LogP contribution is 2.39. The average molecular weight is 463 g/mol. The molecule has 0 spiro atoms. The molecule has 0 aliphatic rings. The summed E-state index contributed by atoms with van der Waals surface area (Å²) in [6, 6.07) is 39.2. The second-order valence-corrected chi connectivity index (χ2v) is 8.14. The van der Waals surface area contributed by atoms with E-state index in [1.54, 1.807) is 0 Å². The van der Waals surface area contributed by atoms with Crippen molar-refractivity contribution in [2.75, 3.05) is 0 Å². The van der Waals surface area contributed by atoms with E-state index in [0.717, 1.165) is 49.5 Å². The van der Waals surface area contributed by atoms with E-state index in [1.165, 1.54) is 0 Å². The summed E-state index contributed by atoms with van der Waals surface area (Å²) in [6.45, 7) is 0. The van der Waals surface area contributed by atoms with Gasteiger partial charge in [-0.05, 0) is 17.7 Å². The van der Waals surface area contributed by atoms with Crippen LogP contribution in [0.25, 0.3) is 45.0 Å². The van der Waals surface area contributed by atoms with Crippen LogP contribution in [0.1, 0.15) is 0 Å². The lowest BCUT2D eigenvalue weighted by Crippen LogP contribution is -2.00. The van der Waals surface area contributed by atoms with Crippen LogP contribution in [0.5, 0.6) is 0 Å². The molecule has 0 aliphatic heterocycles. The monoisotopic (exact) mass is 462 g/mol. The van der Waals surface area contributed by atoms with Gasteiger partial charge in [-0.3, -0.25) is 0 Å². The molecule has 4 aromatic carbocycles. The lowest BCUT2D eigenvalue weighted by molar-refractivity contribution is 1.18. The van der Waals surface area contributed by atoms with Gasteiger partial charge in [0, 0.05) is 26.7 Å². The van der Waals surface area contributed by atoms with Crippen molar-refractivity contribution < 1.29 is 0 Å². The first kappa shape index (κ1) is 19.4. The Kier molecular flexibility index (Phi) is 5.42. The maximum absolute atomic E-state index is 5.08. The minimum Gasteiger partial charge on any atom is -0.227 e. The van der Waals surface area contributed by atoms with Crippen LogP contribution in [0, 0.1) is 0 Å². The molecule has 0 saturated heterocycles. The molecule has 5 aromatic rings. The van der Waals surface area contributed by atoms with E-state index in [4.69, 9.17) is 9.97 Å². The molecular weight excluding hydrogens is 444 g/mol. The molecule has 1 aromatic heterocycles. The zero-order valence-corrected chi connectivity index (χ0v) is 18.3. The summed E-state index contributed by atoms with van der Waals surface area (Å²) >= 11 is 3.55. The fourth-order valence-electron chi connectivity index (χ4n) is 3.68. The highest BCUT2D eigenvalue weighted by atomic mass is 79.9. The van der Waals surface area contributed by atoms with E-state index >= 15 is 0 Å². The maximum Gasteiger partial charge on any atom is 0.160 e. The molecule has 0 bridgehead atoms. The number of rotatable bonds is 4. The highest BCUT2D eigenvalue weighted by Gasteiger charge is 2.19. The third-order valence-electron chi connectivity index (χ3n) is 5.17. The van der Waals surface area contributed by atoms with E-state index < -0.39 is 0 Å². The molecule has 0 amide bonds. The molecule has 1 heterocycles. The summed E-state index contributed by atoms with van der Waals surface area (Å²) < 4.78 is 1.04. The summed E-state index contributed by atoms with van der Waals surface area (Å²) in [5.74, 6) is 0.719. The SMILES string of the molecule is Brc1ccc(-c2nc(-c3ccccc3)nc(-c3ccccc3)c2-c2ccccc2)cc1. The molecule has 31 heavy (non-hydrogen) atoms. The number of aromatic nitrogens is 2.